The third-order valence-electron chi connectivity index (χ3n) is 1.92. The van der Waals surface area contributed by atoms with Crippen LogP contribution in [0.25, 0.3) is 5.65 Å². The fourth-order valence-corrected chi connectivity index (χ4v) is 1.50. The zero-order chi connectivity index (χ0) is 9.42. The fraction of sp³-hybridized carbons (Fsp3) is 0.333. The smallest absolute Gasteiger partial charge is 0.155 e. The van der Waals surface area contributed by atoms with Crippen molar-refractivity contribution in [3.8, 4) is 0 Å². The summed E-state index contributed by atoms with van der Waals surface area (Å²) in [5, 5.41) is 0. The predicted molar refractivity (Wildman–Crippen MR) is 54.8 cm³/mol. The van der Waals surface area contributed by atoms with Crippen LogP contribution in [0, 0.1) is 0 Å². The molecule has 0 spiro atoms. The van der Waals surface area contributed by atoms with Crippen LogP contribution in [0.15, 0.2) is 23.2 Å². The van der Waals surface area contributed by atoms with Gasteiger partial charge in [0.05, 0.1) is 11.9 Å². The molecule has 0 radical (unpaired) electrons. The maximum absolute atomic E-state index is 4.43. The van der Waals surface area contributed by atoms with E-state index >= 15 is 0 Å². The van der Waals surface area contributed by atoms with E-state index in [1.807, 2.05) is 16.8 Å². The number of hydrogen-bond donors (Lipinski definition) is 0. The van der Waals surface area contributed by atoms with Crippen molar-refractivity contribution in [2.24, 2.45) is 0 Å². The number of fused-ring (bicyclic) bond motifs is 1. The molecule has 0 aliphatic carbocycles. The topological polar surface area (TPSA) is 30.2 Å². The van der Waals surface area contributed by atoms with Gasteiger partial charge in [0, 0.05) is 12.4 Å². The first-order valence-electron chi connectivity index (χ1n) is 4.17. The van der Waals surface area contributed by atoms with Gasteiger partial charge >= 0.3 is 0 Å². The molecule has 0 atom stereocenters. The molecule has 68 valence electrons. The first-order valence-corrected chi connectivity index (χ1v) is 4.96. The van der Waals surface area contributed by atoms with E-state index in [0.717, 1.165) is 15.9 Å². The quantitative estimate of drug-likeness (QED) is 0.766. The van der Waals surface area contributed by atoms with Crippen molar-refractivity contribution in [1.82, 2.24) is 14.4 Å². The molecule has 3 nitrogen and oxygen atoms in total. The van der Waals surface area contributed by atoms with E-state index in [2.05, 4.69) is 39.7 Å². The van der Waals surface area contributed by atoms with E-state index in [9.17, 15) is 0 Å². The van der Waals surface area contributed by atoms with Crippen molar-refractivity contribution in [1.29, 1.82) is 0 Å². The number of halogens is 1. The molecule has 2 heterocycles. The largest absolute Gasteiger partial charge is 0.303 e. The second-order valence-corrected chi connectivity index (χ2v) is 4.11. The normalized spacial score (nSPS) is 11.4. The Morgan fingerprint density at radius 3 is 2.85 bits per heavy atom. The van der Waals surface area contributed by atoms with Gasteiger partial charge in [-0.1, -0.05) is 13.8 Å². The first-order chi connectivity index (χ1) is 6.16. The van der Waals surface area contributed by atoms with Crippen LogP contribution in [0.3, 0.4) is 0 Å². The van der Waals surface area contributed by atoms with Gasteiger partial charge in [-0.15, -0.1) is 0 Å². The van der Waals surface area contributed by atoms with Gasteiger partial charge in [0.2, 0.25) is 0 Å². The standard InChI is InChI=1S/C9H10BrN3/c1-6(2)7-4-13-5-8(10)11-3-9(13)12-7/h3-6H,1-2H3. The number of hydrogen-bond acceptors (Lipinski definition) is 2. The highest BCUT2D eigenvalue weighted by Gasteiger charge is 2.05. The molecule has 2 aromatic rings. The van der Waals surface area contributed by atoms with Crippen LogP contribution in [0.5, 0.6) is 0 Å². The van der Waals surface area contributed by atoms with E-state index < -0.39 is 0 Å². The van der Waals surface area contributed by atoms with Crippen molar-refractivity contribution < 1.29 is 0 Å². The minimum absolute atomic E-state index is 0.457. The summed E-state index contributed by atoms with van der Waals surface area (Å²) in [4.78, 5) is 8.55. The number of nitrogens with zero attached hydrogens (tertiary/aromatic N) is 3. The van der Waals surface area contributed by atoms with Gasteiger partial charge < -0.3 is 4.40 Å². The molecular formula is C9H10BrN3. The lowest BCUT2D eigenvalue weighted by atomic mass is 10.2. The Labute approximate surface area is 85.0 Å². The molecule has 0 N–H and O–H groups in total. The van der Waals surface area contributed by atoms with Crippen LogP contribution in [0.1, 0.15) is 25.5 Å². The third-order valence-corrected chi connectivity index (χ3v) is 2.33. The van der Waals surface area contributed by atoms with Gasteiger partial charge in [0.25, 0.3) is 0 Å². The summed E-state index contributed by atoms with van der Waals surface area (Å²) in [5.74, 6) is 0.457. The number of aromatic nitrogens is 3. The molecule has 0 unspecified atom stereocenters. The molecule has 0 bridgehead atoms. The Hall–Kier alpha value is -0.900. The summed E-state index contributed by atoms with van der Waals surface area (Å²) in [5.41, 5.74) is 1.99. The average molecular weight is 240 g/mol. The molecule has 0 saturated carbocycles. The summed E-state index contributed by atoms with van der Waals surface area (Å²) >= 11 is 3.32. The second-order valence-electron chi connectivity index (χ2n) is 3.30. The maximum Gasteiger partial charge on any atom is 0.155 e. The van der Waals surface area contributed by atoms with Crippen LogP contribution in [-0.4, -0.2) is 14.4 Å². The zero-order valence-corrected chi connectivity index (χ0v) is 9.12. The van der Waals surface area contributed by atoms with Gasteiger partial charge in [-0.05, 0) is 21.8 Å². The molecule has 2 rings (SSSR count). The van der Waals surface area contributed by atoms with Crippen molar-refractivity contribution >= 4 is 21.6 Å². The van der Waals surface area contributed by atoms with E-state index in [4.69, 9.17) is 0 Å². The van der Waals surface area contributed by atoms with Crippen LogP contribution in [0.2, 0.25) is 0 Å². The molecule has 0 aliphatic rings. The predicted octanol–water partition coefficient (Wildman–Crippen LogP) is 2.62. The van der Waals surface area contributed by atoms with Gasteiger partial charge in [-0.2, -0.15) is 0 Å². The van der Waals surface area contributed by atoms with Crippen molar-refractivity contribution in [2.45, 2.75) is 19.8 Å². The van der Waals surface area contributed by atoms with Crippen LogP contribution < -0.4 is 0 Å². The third kappa shape index (κ3) is 1.58. The number of imidazole rings is 1. The maximum atomic E-state index is 4.43. The lowest BCUT2D eigenvalue weighted by Crippen LogP contribution is -1.84. The molecule has 0 fully saturated rings. The summed E-state index contributed by atoms with van der Waals surface area (Å²) in [6, 6.07) is 0. The van der Waals surface area contributed by atoms with Gasteiger partial charge in [-0.3, -0.25) is 0 Å². The van der Waals surface area contributed by atoms with E-state index in [-0.39, 0.29) is 0 Å². The van der Waals surface area contributed by atoms with Gasteiger partial charge in [0.1, 0.15) is 4.60 Å². The minimum Gasteiger partial charge on any atom is -0.303 e. The Morgan fingerprint density at radius 2 is 2.15 bits per heavy atom. The molecule has 0 aromatic carbocycles. The SMILES string of the molecule is CC(C)c1cn2cc(Br)ncc2n1. The molecule has 2 aromatic heterocycles. The highest BCUT2D eigenvalue weighted by atomic mass is 79.9. The van der Waals surface area contributed by atoms with Crippen LogP contribution in [0.4, 0.5) is 0 Å². The Kier molecular flexibility index (Phi) is 2.07. The summed E-state index contributed by atoms with van der Waals surface area (Å²) in [6.07, 6.45) is 5.70. The second kappa shape index (κ2) is 3.10. The monoisotopic (exact) mass is 239 g/mol. The number of rotatable bonds is 1. The Balaban J connectivity index is 2.62. The van der Waals surface area contributed by atoms with E-state index in [0.29, 0.717) is 5.92 Å². The molecule has 13 heavy (non-hydrogen) atoms. The Morgan fingerprint density at radius 1 is 1.38 bits per heavy atom. The zero-order valence-electron chi connectivity index (χ0n) is 7.53. The molecule has 0 saturated heterocycles. The molecule has 0 amide bonds. The summed E-state index contributed by atoms with van der Waals surface area (Å²) in [7, 11) is 0. The molecule has 0 aliphatic heterocycles. The Bertz CT molecular complexity index is 433. The summed E-state index contributed by atoms with van der Waals surface area (Å²) < 4.78 is 2.81. The van der Waals surface area contributed by atoms with Crippen LogP contribution >= 0.6 is 15.9 Å². The van der Waals surface area contributed by atoms with Crippen molar-refractivity contribution in [3.63, 3.8) is 0 Å². The summed E-state index contributed by atoms with van der Waals surface area (Å²) in [6.45, 7) is 4.26. The van der Waals surface area contributed by atoms with Crippen LogP contribution in [-0.2, 0) is 0 Å². The lowest BCUT2D eigenvalue weighted by molar-refractivity contribution is 0.834. The molecule has 4 heteroatoms. The lowest BCUT2D eigenvalue weighted by Gasteiger charge is -1.94. The van der Waals surface area contributed by atoms with Crippen molar-refractivity contribution in [2.75, 3.05) is 0 Å². The van der Waals surface area contributed by atoms with Crippen molar-refractivity contribution in [3.05, 3.63) is 28.9 Å². The van der Waals surface area contributed by atoms with Gasteiger partial charge in [0.15, 0.2) is 5.65 Å². The average Bonchev–Trinajstić information content (AvgIpc) is 2.46. The highest BCUT2D eigenvalue weighted by molar-refractivity contribution is 9.10. The minimum atomic E-state index is 0.457. The first kappa shape index (κ1) is 8.69. The molecular weight excluding hydrogens is 230 g/mol. The van der Waals surface area contributed by atoms with E-state index in [1.165, 1.54) is 0 Å². The van der Waals surface area contributed by atoms with E-state index in [1.54, 1.807) is 6.20 Å². The fourth-order valence-electron chi connectivity index (χ4n) is 1.17. The van der Waals surface area contributed by atoms with Gasteiger partial charge in [-0.25, -0.2) is 9.97 Å². The highest BCUT2D eigenvalue weighted by Crippen LogP contribution is 2.15.